The van der Waals surface area contributed by atoms with Gasteiger partial charge in [0.2, 0.25) is 0 Å². The molecule has 0 spiro atoms. The molecule has 2 aromatic rings. The topological polar surface area (TPSA) is 62.2 Å². The molecule has 5 nitrogen and oxygen atoms in total. The highest BCUT2D eigenvalue weighted by atomic mass is 16.5. The number of aromatic hydroxyl groups is 2. The van der Waals surface area contributed by atoms with Crippen molar-refractivity contribution in [1.29, 1.82) is 0 Å². The molecule has 2 aliphatic heterocycles. The second-order valence-corrected chi connectivity index (χ2v) is 6.42. The van der Waals surface area contributed by atoms with Crippen molar-refractivity contribution in [1.82, 2.24) is 4.90 Å². The Labute approximate surface area is 141 Å². The van der Waals surface area contributed by atoms with Crippen LogP contribution in [-0.4, -0.2) is 35.9 Å². The van der Waals surface area contributed by atoms with Crippen LogP contribution in [0, 0.1) is 0 Å². The first-order valence-corrected chi connectivity index (χ1v) is 8.14. The van der Waals surface area contributed by atoms with Gasteiger partial charge in [0.15, 0.2) is 23.0 Å². The summed E-state index contributed by atoms with van der Waals surface area (Å²) in [5.74, 6) is 1.43. The second-order valence-electron chi connectivity index (χ2n) is 6.42. The number of methoxy groups -OCH3 is 2. The van der Waals surface area contributed by atoms with Crippen LogP contribution in [0.5, 0.6) is 23.0 Å². The predicted octanol–water partition coefficient (Wildman–Crippen LogP) is 2.77. The summed E-state index contributed by atoms with van der Waals surface area (Å²) in [4.78, 5) is 2.38. The lowest BCUT2D eigenvalue weighted by Gasteiger charge is -2.41. The Hall–Kier alpha value is -2.40. The van der Waals surface area contributed by atoms with Gasteiger partial charge in [-0.15, -0.1) is 0 Å². The average molecular weight is 327 g/mol. The number of hydrogen-bond donors (Lipinski definition) is 2. The molecule has 5 heteroatoms. The third-order valence-electron chi connectivity index (χ3n) is 5.22. The van der Waals surface area contributed by atoms with Crippen molar-refractivity contribution in [2.24, 2.45) is 0 Å². The van der Waals surface area contributed by atoms with Crippen molar-refractivity contribution in [3.63, 3.8) is 0 Å². The van der Waals surface area contributed by atoms with Crippen molar-refractivity contribution < 1.29 is 19.7 Å². The minimum absolute atomic E-state index is 0.101. The Kier molecular flexibility index (Phi) is 3.53. The molecule has 2 N–H and O–H groups in total. The zero-order valence-corrected chi connectivity index (χ0v) is 13.9. The fourth-order valence-corrected chi connectivity index (χ4v) is 3.99. The average Bonchev–Trinajstić information content (AvgIpc) is 2.59. The molecule has 1 atom stereocenters. The molecule has 0 unspecified atom stereocenters. The van der Waals surface area contributed by atoms with Gasteiger partial charge in [0.25, 0.3) is 0 Å². The molecule has 0 radical (unpaired) electrons. The van der Waals surface area contributed by atoms with Crippen molar-refractivity contribution in [2.45, 2.75) is 25.4 Å². The summed E-state index contributed by atoms with van der Waals surface area (Å²) in [5.41, 5.74) is 4.41. The van der Waals surface area contributed by atoms with Gasteiger partial charge in [-0.3, -0.25) is 4.90 Å². The van der Waals surface area contributed by atoms with Crippen molar-refractivity contribution in [3.05, 3.63) is 46.5 Å². The van der Waals surface area contributed by atoms with E-state index in [4.69, 9.17) is 9.47 Å². The van der Waals surface area contributed by atoms with E-state index >= 15 is 0 Å². The number of fused-ring (bicyclic) bond motifs is 4. The van der Waals surface area contributed by atoms with Gasteiger partial charge in [0.1, 0.15) is 0 Å². The van der Waals surface area contributed by atoms with Crippen LogP contribution in [0.2, 0.25) is 0 Å². The summed E-state index contributed by atoms with van der Waals surface area (Å²) in [5, 5.41) is 20.7. The van der Waals surface area contributed by atoms with Crippen LogP contribution < -0.4 is 9.47 Å². The van der Waals surface area contributed by atoms with Gasteiger partial charge in [-0.25, -0.2) is 0 Å². The first-order chi connectivity index (χ1) is 11.6. The molecular weight excluding hydrogens is 306 g/mol. The molecular formula is C19H21NO4. The van der Waals surface area contributed by atoms with Gasteiger partial charge in [-0.1, -0.05) is 6.07 Å². The monoisotopic (exact) mass is 327 g/mol. The van der Waals surface area contributed by atoms with E-state index < -0.39 is 0 Å². The molecule has 2 heterocycles. The van der Waals surface area contributed by atoms with E-state index in [2.05, 4.69) is 4.90 Å². The van der Waals surface area contributed by atoms with Gasteiger partial charge < -0.3 is 19.7 Å². The zero-order chi connectivity index (χ0) is 16.8. The molecule has 0 amide bonds. The first kappa shape index (κ1) is 15.1. The van der Waals surface area contributed by atoms with Crippen LogP contribution in [0.15, 0.2) is 24.3 Å². The smallest absolute Gasteiger partial charge is 0.162 e. The van der Waals surface area contributed by atoms with Crippen molar-refractivity contribution >= 4 is 0 Å². The molecule has 4 rings (SSSR count). The maximum Gasteiger partial charge on any atom is 0.162 e. The highest BCUT2D eigenvalue weighted by molar-refractivity contribution is 5.54. The minimum Gasteiger partial charge on any atom is -0.504 e. The lowest BCUT2D eigenvalue weighted by molar-refractivity contribution is 0.156. The van der Waals surface area contributed by atoms with Crippen LogP contribution in [0.4, 0.5) is 0 Å². The van der Waals surface area contributed by atoms with Crippen LogP contribution in [-0.2, 0) is 19.4 Å². The van der Waals surface area contributed by atoms with Gasteiger partial charge in [-0.05, 0) is 47.7 Å². The largest absolute Gasteiger partial charge is 0.504 e. The molecule has 0 saturated carbocycles. The van der Waals surface area contributed by atoms with E-state index in [-0.39, 0.29) is 17.5 Å². The van der Waals surface area contributed by atoms with E-state index in [0.717, 1.165) is 37.1 Å². The Balaban J connectivity index is 1.79. The Morgan fingerprint density at radius 2 is 1.79 bits per heavy atom. The highest BCUT2D eigenvalue weighted by Crippen LogP contribution is 2.46. The quantitative estimate of drug-likeness (QED) is 0.888. The Bertz CT molecular complexity index is 802. The molecule has 0 bridgehead atoms. The number of phenols is 2. The van der Waals surface area contributed by atoms with Crippen molar-refractivity contribution in [2.75, 3.05) is 20.8 Å². The lowest BCUT2D eigenvalue weighted by Crippen LogP contribution is -2.39. The lowest BCUT2D eigenvalue weighted by atomic mass is 9.83. The molecule has 126 valence electrons. The molecule has 0 fully saturated rings. The summed E-state index contributed by atoms with van der Waals surface area (Å²) >= 11 is 0. The second kappa shape index (κ2) is 5.60. The number of hydrogen-bond acceptors (Lipinski definition) is 5. The number of phenolic OH excluding ortho intramolecular Hbond substituents is 2. The van der Waals surface area contributed by atoms with E-state index in [0.29, 0.717) is 11.5 Å². The third kappa shape index (κ3) is 2.19. The summed E-state index contributed by atoms with van der Waals surface area (Å²) in [6.45, 7) is 1.73. The Morgan fingerprint density at radius 3 is 2.54 bits per heavy atom. The summed E-state index contributed by atoms with van der Waals surface area (Å²) < 4.78 is 10.5. The van der Waals surface area contributed by atoms with Crippen molar-refractivity contribution in [3.8, 4) is 23.0 Å². The third-order valence-corrected chi connectivity index (χ3v) is 5.22. The molecule has 2 aliphatic rings. The zero-order valence-electron chi connectivity index (χ0n) is 13.9. The van der Waals surface area contributed by atoms with Gasteiger partial charge in [-0.2, -0.15) is 0 Å². The van der Waals surface area contributed by atoms with Gasteiger partial charge in [0, 0.05) is 24.7 Å². The maximum atomic E-state index is 10.6. The standard InChI is InChI=1S/C19H21NO4/c1-23-16-4-3-11-5-6-20-10-13-9-17(24-2)15(21)8-12(13)7-14(20)18(11)19(16)22/h3-4,8-9,14,21-22H,5-7,10H2,1-2H3/t14-/m0/s1. The highest BCUT2D eigenvalue weighted by Gasteiger charge is 2.35. The maximum absolute atomic E-state index is 10.6. The molecule has 2 aromatic carbocycles. The SMILES string of the molecule is COc1cc2c(cc1O)C[C@H]1c3c(ccc(OC)c3O)CCN1C2. The van der Waals surface area contributed by atoms with E-state index in [1.807, 2.05) is 18.2 Å². The predicted molar refractivity (Wildman–Crippen MR) is 89.9 cm³/mol. The molecule has 0 aliphatic carbocycles. The van der Waals surface area contributed by atoms with E-state index in [9.17, 15) is 10.2 Å². The van der Waals surface area contributed by atoms with Crippen LogP contribution >= 0.6 is 0 Å². The van der Waals surface area contributed by atoms with Crippen LogP contribution in [0.3, 0.4) is 0 Å². The van der Waals surface area contributed by atoms with Crippen LogP contribution in [0.1, 0.15) is 28.3 Å². The molecule has 0 saturated heterocycles. The number of rotatable bonds is 2. The number of benzene rings is 2. The molecule has 0 aromatic heterocycles. The number of nitrogens with zero attached hydrogens (tertiary/aromatic N) is 1. The molecule has 24 heavy (non-hydrogen) atoms. The summed E-state index contributed by atoms with van der Waals surface area (Å²) in [6, 6.07) is 7.69. The Morgan fingerprint density at radius 1 is 1.00 bits per heavy atom. The summed E-state index contributed by atoms with van der Waals surface area (Å²) in [7, 11) is 3.14. The van der Waals surface area contributed by atoms with E-state index in [1.54, 1.807) is 20.3 Å². The van der Waals surface area contributed by atoms with Gasteiger partial charge in [0.05, 0.1) is 14.2 Å². The fraction of sp³-hybridized carbons (Fsp3) is 0.368. The number of ether oxygens (including phenoxy) is 2. The summed E-state index contributed by atoms with van der Waals surface area (Å²) in [6.07, 6.45) is 1.66. The normalized spacial score (nSPS) is 19.2. The first-order valence-electron chi connectivity index (χ1n) is 8.14. The van der Waals surface area contributed by atoms with Crippen LogP contribution in [0.25, 0.3) is 0 Å². The fourth-order valence-electron chi connectivity index (χ4n) is 3.99. The minimum atomic E-state index is 0.101. The van der Waals surface area contributed by atoms with E-state index in [1.165, 1.54) is 11.1 Å². The van der Waals surface area contributed by atoms with Gasteiger partial charge >= 0.3 is 0 Å².